The van der Waals surface area contributed by atoms with E-state index in [9.17, 15) is 9.90 Å². The Hall–Kier alpha value is -2.29. The summed E-state index contributed by atoms with van der Waals surface area (Å²) in [6, 6.07) is 11.5. The predicted molar refractivity (Wildman–Crippen MR) is 84.0 cm³/mol. The molecule has 2 aromatic carbocycles. The van der Waals surface area contributed by atoms with E-state index in [4.69, 9.17) is 0 Å². The summed E-state index contributed by atoms with van der Waals surface area (Å²) in [5.74, 6) is -0.0391. The van der Waals surface area contributed by atoms with E-state index in [1.807, 2.05) is 18.2 Å². The van der Waals surface area contributed by atoms with Crippen molar-refractivity contribution in [3.63, 3.8) is 0 Å². The van der Waals surface area contributed by atoms with Gasteiger partial charge in [-0.05, 0) is 49.9 Å². The Balaban J connectivity index is 2.02. The monoisotopic (exact) mass is 281 g/mol. The summed E-state index contributed by atoms with van der Waals surface area (Å²) < 4.78 is 0. The molecule has 0 unspecified atom stereocenters. The second-order valence-corrected chi connectivity index (χ2v) is 5.66. The molecule has 0 bridgehead atoms. The fourth-order valence-electron chi connectivity index (χ4n) is 2.91. The molecule has 0 fully saturated rings. The number of nitrogens with zero attached hydrogens (tertiary/aromatic N) is 1. The van der Waals surface area contributed by atoms with Crippen molar-refractivity contribution < 1.29 is 9.90 Å². The summed E-state index contributed by atoms with van der Waals surface area (Å²) in [7, 11) is 0. The van der Waals surface area contributed by atoms with Crippen LogP contribution in [0.4, 0.5) is 5.69 Å². The number of fused-ring (bicyclic) bond motifs is 1. The van der Waals surface area contributed by atoms with Crippen molar-refractivity contribution in [3.8, 4) is 5.75 Å². The molecule has 1 aliphatic rings. The number of benzene rings is 2. The Morgan fingerprint density at radius 2 is 2.00 bits per heavy atom. The molecule has 0 saturated carbocycles. The van der Waals surface area contributed by atoms with Gasteiger partial charge in [-0.2, -0.15) is 0 Å². The van der Waals surface area contributed by atoms with Crippen LogP contribution in [0.1, 0.15) is 33.5 Å². The Bertz CT molecular complexity index is 706. The summed E-state index contributed by atoms with van der Waals surface area (Å²) in [5, 5.41) is 10.1. The Morgan fingerprint density at radius 1 is 1.19 bits per heavy atom. The second kappa shape index (κ2) is 5.24. The van der Waals surface area contributed by atoms with Gasteiger partial charge in [0.25, 0.3) is 5.91 Å². The molecule has 108 valence electrons. The van der Waals surface area contributed by atoms with E-state index >= 15 is 0 Å². The van der Waals surface area contributed by atoms with Crippen molar-refractivity contribution in [2.24, 2.45) is 0 Å². The largest absolute Gasteiger partial charge is 0.507 e. The number of phenolic OH excluding ortho intramolecular Hbond substituents is 1. The third-order valence-corrected chi connectivity index (χ3v) is 4.07. The zero-order valence-electron chi connectivity index (χ0n) is 12.4. The minimum Gasteiger partial charge on any atom is -0.507 e. The summed E-state index contributed by atoms with van der Waals surface area (Å²) in [4.78, 5) is 14.6. The van der Waals surface area contributed by atoms with E-state index in [0.29, 0.717) is 12.1 Å². The molecule has 3 rings (SSSR count). The lowest BCUT2D eigenvalue weighted by atomic mass is 9.98. The van der Waals surface area contributed by atoms with Crippen LogP contribution in [0.2, 0.25) is 0 Å². The van der Waals surface area contributed by atoms with Gasteiger partial charge >= 0.3 is 0 Å². The number of rotatable bonds is 1. The number of para-hydroxylation sites is 1. The Kier molecular flexibility index (Phi) is 3.42. The minimum atomic E-state index is -0.124. The van der Waals surface area contributed by atoms with E-state index in [-0.39, 0.29) is 11.7 Å². The summed E-state index contributed by atoms with van der Waals surface area (Å²) in [6.07, 6.45) is 1.95. The number of aromatic hydroxyl groups is 1. The molecule has 0 spiro atoms. The van der Waals surface area contributed by atoms with E-state index in [0.717, 1.165) is 24.1 Å². The number of phenols is 1. The number of amides is 1. The highest BCUT2D eigenvalue weighted by atomic mass is 16.3. The van der Waals surface area contributed by atoms with Crippen LogP contribution in [0.25, 0.3) is 0 Å². The molecule has 0 aliphatic carbocycles. The topological polar surface area (TPSA) is 40.5 Å². The van der Waals surface area contributed by atoms with E-state index in [1.54, 1.807) is 24.0 Å². The number of carbonyl (C=O) groups is 1. The molecular weight excluding hydrogens is 262 g/mol. The molecule has 21 heavy (non-hydrogen) atoms. The number of hydrogen-bond donors (Lipinski definition) is 1. The van der Waals surface area contributed by atoms with Crippen molar-refractivity contribution >= 4 is 11.6 Å². The molecule has 1 aliphatic heterocycles. The maximum atomic E-state index is 12.8. The maximum Gasteiger partial charge on any atom is 0.262 e. The third-order valence-electron chi connectivity index (χ3n) is 4.07. The van der Waals surface area contributed by atoms with Crippen molar-refractivity contribution in [2.75, 3.05) is 11.4 Å². The van der Waals surface area contributed by atoms with Gasteiger partial charge in [-0.15, -0.1) is 0 Å². The van der Waals surface area contributed by atoms with E-state index in [2.05, 4.69) is 13.0 Å². The lowest BCUT2D eigenvalue weighted by Crippen LogP contribution is -2.35. The number of hydrogen-bond acceptors (Lipinski definition) is 2. The Morgan fingerprint density at radius 3 is 2.81 bits per heavy atom. The third kappa shape index (κ3) is 2.40. The summed E-state index contributed by atoms with van der Waals surface area (Å²) in [6.45, 7) is 4.56. The zero-order chi connectivity index (χ0) is 15.0. The van der Waals surface area contributed by atoms with Crippen molar-refractivity contribution in [1.29, 1.82) is 0 Å². The first-order chi connectivity index (χ1) is 10.1. The van der Waals surface area contributed by atoms with E-state index in [1.165, 1.54) is 11.1 Å². The first-order valence-electron chi connectivity index (χ1n) is 7.28. The average Bonchev–Trinajstić information content (AvgIpc) is 2.48. The lowest BCUT2D eigenvalue weighted by molar-refractivity contribution is 0.0982. The van der Waals surface area contributed by atoms with Gasteiger partial charge in [0, 0.05) is 12.2 Å². The van der Waals surface area contributed by atoms with Gasteiger partial charge < -0.3 is 10.0 Å². The van der Waals surface area contributed by atoms with Crippen LogP contribution < -0.4 is 4.90 Å². The number of carbonyl (C=O) groups excluding carboxylic acids is 1. The van der Waals surface area contributed by atoms with Crippen LogP contribution in [0.15, 0.2) is 36.4 Å². The SMILES string of the molecule is Cc1ccc2c(c1)CCCN2C(=O)c1cccc(C)c1O. The maximum absolute atomic E-state index is 12.8. The van der Waals surface area contributed by atoms with Crippen molar-refractivity contribution in [2.45, 2.75) is 26.7 Å². The van der Waals surface area contributed by atoms with Crippen LogP contribution in [-0.4, -0.2) is 17.6 Å². The predicted octanol–water partition coefficient (Wildman–Crippen LogP) is 3.60. The molecule has 3 nitrogen and oxygen atoms in total. The lowest BCUT2D eigenvalue weighted by Gasteiger charge is -2.30. The standard InChI is InChI=1S/C18H19NO2/c1-12-8-9-16-14(11-12)6-4-10-19(16)18(21)15-7-3-5-13(2)17(15)20/h3,5,7-9,11,20H,4,6,10H2,1-2H3. The van der Waals surface area contributed by atoms with Gasteiger partial charge in [-0.3, -0.25) is 4.79 Å². The molecular formula is C18H19NO2. The molecule has 2 aromatic rings. The van der Waals surface area contributed by atoms with Crippen LogP contribution in [-0.2, 0) is 6.42 Å². The first-order valence-corrected chi connectivity index (χ1v) is 7.28. The van der Waals surface area contributed by atoms with Gasteiger partial charge in [0.2, 0.25) is 0 Å². The Labute approximate surface area is 124 Å². The van der Waals surface area contributed by atoms with Crippen LogP contribution in [0.3, 0.4) is 0 Å². The highest BCUT2D eigenvalue weighted by Crippen LogP contribution is 2.31. The summed E-state index contributed by atoms with van der Waals surface area (Å²) in [5.41, 5.74) is 4.49. The smallest absolute Gasteiger partial charge is 0.262 e. The molecule has 0 aromatic heterocycles. The normalized spacial score (nSPS) is 13.9. The van der Waals surface area contributed by atoms with Gasteiger partial charge in [0.05, 0.1) is 5.56 Å². The summed E-state index contributed by atoms with van der Waals surface area (Å²) >= 11 is 0. The van der Waals surface area contributed by atoms with Crippen LogP contribution >= 0.6 is 0 Å². The molecule has 0 saturated heterocycles. The second-order valence-electron chi connectivity index (χ2n) is 5.66. The van der Waals surface area contributed by atoms with Gasteiger partial charge in [-0.25, -0.2) is 0 Å². The van der Waals surface area contributed by atoms with E-state index < -0.39 is 0 Å². The highest BCUT2D eigenvalue weighted by molar-refractivity contribution is 6.08. The number of anilines is 1. The van der Waals surface area contributed by atoms with Crippen molar-refractivity contribution in [1.82, 2.24) is 0 Å². The van der Waals surface area contributed by atoms with Gasteiger partial charge in [-0.1, -0.05) is 29.8 Å². The molecule has 1 heterocycles. The molecule has 1 amide bonds. The van der Waals surface area contributed by atoms with Crippen molar-refractivity contribution in [3.05, 3.63) is 58.7 Å². The van der Waals surface area contributed by atoms with Crippen LogP contribution in [0.5, 0.6) is 5.75 Å². The highest BCUT2D eigenvalue weighted by Gasteiger charge is 2.25. The number of aryl methyl sites for hydroxylation is 3. The molecule has 0 radical (unpaired) electrons. The van der Waals surface area contributed by atoms with Crippen LogP contribution in [0, 0.1) is 13.8 Å². The quantitative estimate of drug-likeness (QED) is 0.867. The zero-order valence-corrected chi connectivity index (χ0v) is 12.4. The van der Waals surface area contributed by atoms with Gasteiger partial charge in [0.15, 0.2) is 0 Å². The molecule has 0 atom stereocenters. The fraction of sp³-hybridized carbons (Fsp3) is 0.278. The fourth-order valence-corrected chi connectivity index (χ4v) is 2.91. The minimum absolute atomic E-state index is 0.0849. The molecule has 3 heteroatoms. The van der Waals surface area contributed by atoms with Gasteiger partial charge in [0.1, 0.15) is 5.75 Å². The average molecular weight is 281 g/mol. The first kappa shape index (κ1) is 13.7. The molecule has 1 N–H and O–H groups in total.